The van der Waals surface area contributed by atoms with Crippen LogP contribution in [0.5, 0.6) is 0 Å². The van der Waals surface area contributed by atoms with E-state index >= 15 is 0 Å². The van der Waals surface area contributed by atoms with Crippen molar-refractivity contribution in [2.24, 2.45) is 12.8 Å². The molecule has 0 spiro atoms. The maximum atomic E-state index is 13.3. The first kappa shape index (κ1) is 22.5. The summed E-state index contributed by atoms with van der Waals surface area (Å²) < 4.78 is 5.00. The highest BCUT2D eigenvalue weighted by atomic mass is 79.9. The van der Waals surface area contributed by atoms with Gasteiger partial charge in [0.05, 0.1) is 11.1 Å². The van der Waals surface area contributed by atoms with Gasteiger partial charge >= 0.3 is 0 Å². The summed E-state index contributed by atoms with van der Waals surface area (Å²) in [6, 6.07) is 22.1. The fourth-order valence-electron chi connectivity index (χ4n) is 5.16. The van der Waals surface area contributed by atoms with E-state index in [1.54, 1.807) is 0 Å². The van der Waals surface area contributed by atoms with Gasteiger partial charge < -0.3 is 14.9 Å². The number of nitrogens with two attached hydrogens (primary N) is 1. The predicted molar refractivity (Wildman–Crippen MR) is 146 cm³/mol. The summed E-state index contributed by atoms with van der Waals surface area (Å²) in [5.74, 6) is -0.759. The molecule has 7 heteroatoms. The van der Waals surface area contributed by atoms with Crippen LogP contribution in [0.2, 0.25) is 0 Å². The maximum Gasteiger partial charge on any atom is 0.259 e. The molecule has 0 bridgehead atoms. The second kappa shape index (κ2) is 8.62. The van der Waals surface area contributed by atoms with Crippen LogP contribution in [0, 0.1) is 0 Å². The number of rotatable bonds is 5. The van der Waals surface area contributed by atoms with Gasteiger partial charge in [-0.05, 0) is 35.4 Å². The van der Waals surface area contributed by atoms with Crippen molar-refractivity contribution < 1.29 is 9.59 Å². The van der Waals surface area contributed by atoms with Gasteiger partial charge in [0.15, 0.2) is 0 Å². The second-order valence-corrected chi connectivity index (χ2v) is 9.98. The van der Waals surface area contributed by atoms with Crippen LogP contribution >= 0.6 is 15.9 Å². The quantitative estimate of drug-likeness (QED) is 0.310. The third kappa shape index (κ3) is 3.59. The number of fused-ring (bicyclic) bond motifs is 2. The Balaban J connectivity index is 1.60. The summed E-state index contributed by atoms with van der Waals surface area (Å²) >= 11 is 3.58. The van der Waals surface area contributed by atoms with E-state index in [2.05, 4.69) is 37.9 Å². The largest absolute Gasteiger partial charge is 0.350 e. The number of hydrogen-bond acceptors (Lipinski definition) is 3. The first-order valence-corrected chi connectivity index (χ1v) is 12.4. The molecule has 3 aromatic carbocycles. The molecule has 3 N–H and O–H groups in total. The summed E-state index contributed by atoms with van der Waals surface area (Å²) in [5, 5.41) is 4.38. The monoisotopic (exact) mass is 538 g/mol. The number of para-hydroxylation sites is 1. The number of hydrogen-bond donors (Lipinski definition) is 2. The molecule has 6 rings (SSSR count). The van der Waals surface area contributed by atoms with Crippen molar-refractivity contribution in [1.29, 1.82) is 0 Å². The maximum absolute atomic E-state index is 13.3. The minimum absolute atomic E-state index is 0.377. The van der Waals surface area contributed by atoms with E-state index in [9.17, 15) is 9.59 Å². The lowest BCUT2D eigenvalue weighted by Gasteiger charge is -2.07. The minimum Gasteiger partial charge on any atom is -0.350 e. The van der Waals surface area contributed by atoms with E-state index in [4.69, 9.17) is 5.73 Å². The molecule has 1 aliphatic heterocycles. The molecule has 178 valence electrons. The topological polar surface area (TPSA) is 82.0 Å². The third-order valence-electron chi connectivity index (χ3n) is 6.79. The van der Waals surface area contributed by atoms with Crippen LogP contribution in [0.3, 0.4) is 0 Å². The fourth-order valence-corrected chi connectivity index (χ4v) is 5.52. The number of carbonyl (C=O) groups excluding carboxylic acids is 2. The van der Waals surface area contributed by atoms with Crippen molar-refractivity contribution in [3.8, 4) is 0 Å². The molecule has 3 heterocycles. The Bertz CT molecular complexity index is 1740. The summed E-state index contributed by atoms with van der Waals surface area (Å²) in [4.78, 5) is 26.4. The Kier molecular flexibility index (Phi) is 5.39. The molecule has 5 aromatic rings. The van der Waals surface area contributed by atoms with Gasteiger partial charge in [-0.25, -0.2) is 0 Å². The van der Waals surface area contributed by atoms with Crippen LogP contribution in [-0.4, -0.2) is 20.9 Å². The summed E-state index contributed by atoms with van der Waals surface area (Å²) in [5.41, 5.74) is 12.3. The highest BCUT2D eigenvalue weighted by Crippen LogP contribution is 2.39. The molecular formula is C29H23BrN4O2. The number of benzene rings is 3. The zero-order chi connectivity index (χ0) is 25.0. The number of aryl methyl sites for hydroxylation is 1. The van der Waals surface area contributed by atoms with E-state index in [1.165, 1.54) is 0 Å². The van der Waals surface area contributed by atoms with E-state index < -0.39 is 0 Å². The zero-order valence-corrected chi connectivity index (χ0v) is 21.2. The summed E-state index contributed by atoms with van der Waals surface area (Å²) in [6.07, 6.45) is 3.90. The van der Waals surface area contributed by atoms with Gasteiger partial charge in [0.2, 0.25) is 0 Å². The Labute approximate surface area is 216 Å². The van der Waals surface area contributed by atoms with Crippen molar-refractivity contribution in [3.63, 3.8) is 0 Å². The van der Waals surface area contributed by atoms with Gasteiger partial charge in [0.1, 0.15) is 0 Å². The third-order valence-corrected chi connectivity index (χ3v) is 7.28. The Hall–Kier alpha value is -3.94. The molecular weight excluding hydrogens is 516 g/mol. The van der Waals surface area contributed by atoms with Gasteiger partial charge in [-0.2, -0.15) is 0 Å². The van der Waals surface area contributed by atoms with Crippen LogP contribution in [0.25, 0.3) is 33.0 Å². The molecule has 0 radical (unpaired) electrons. The molecule has 0 saturated carbocycles. The number of nitrogens with one attached hydrogen (secondary N) is 1. The van der Waals surface area contributed by atoms with Crippen molar-refractivity contribution in [3.05, 3.63) is 106 Å². The highest BCUT2D eigenvalue weighted by molar-refractivity contribution is 9.10. The molecule has 0 aliphatic carbocycles. The van der Waals surface area contributed by atoms with Crippen LogP contribution in [0.15, 0.2) is 83.6 Å². The zero-order valence-electron chi connectivity index (χ0n) is 19.6. The Morgan fingerprint density at radius 1 is 0.806 bits per heavy atom. The average Bonchev–Trinajstić information content (AvgIpc) is 3.49. The lowest BCUT2D eigenvalue weighted by atomic mass is 9.95. The molecule has 6 nitrogen and oxygen atoms in total. The molecule has 36 heavy (non-hydrogen) atoms. The predicted octanol–water partition coefficient (Wildman–Crippen LogP) is 4.97. The average molecular weight is 539 g/mol. The first-order chi connectivity index (χ1) is 17.4. The van der Waals surface area contributed by atoms with Gasteiger partial charge in [-0.3, -0.25) is 14.9 Å². The van der Waals surface area contributed by atoms with E-state index in [1.807, 2.05) is 78.6 Å². The number of halogens is 1. The lowest BCUT2D eigenvalue weighted by Crippen LogP contribution is -2.22. The highest BCUT2D eigenvalue weighted by Gasteiger charge is 2.35. The number of aromatic nitrogens is 2. The molecule has 2 amide bonds. The molecule has 0 unspecified atom stereocenters. The number of amides is 2. The fraction of sp³-hybridized carbons (Fsp3) is 0.103. The number of nitrogens with zero attached hydrogens (tertiary/aromatic N) is 2. The van der Waals surface area contributed by atoms with Crippen molar-refractivity contribution in [2.75, 3.05) is 0 Å². The van der Waals surface area contributed by atoms with E-state index in [0.717, 1.165) is 48.5 Å². The summed E-state index contributed by atoms with van der Waals surface area (Å²) in [6.45, 7) is 1.08. The standard InChI is InChI=1S/C29H23BrN4O2/c1-33-15-22(20-7-2-3-8-24(20)33)26-27(29(36)32-28(26)35)23-16-34(25-10-9-19(30)12-21(23)25)14-18-6-4-5-17(11-18)13-31/h2-12,15-16H,13-14,31H2,1H3,(H,32,35,36). The van der Waals surface area contributed by atoms with Crippen molar-refractivity contribution in [2.45, 2.75) is 13.1 Å². The molecule has 2 aromatic heterocycles. The molecule has 0 fully saturated rings. The van der Waals surface area contributed by atoms with E-state index in [0.29, 0.717) is 24.2 Å². The van der Waals surface area contributed by atoms with Gasteiger partial charge in [-0.1, -0.05) is 58.4 Å². The number of carbonyl (C=O) groups is 2. The minimum atomic E-state index is -0.382. The van der Waals surface area contributed by atoms with Crippen LogP contribution < -0.4 is 11.1 Å². The van der Waals surface area contributed by atoms with Crippen LogP contribution in [0.1, 0.15) is 22.3 Å². The number of imide groups is 1. The van der Waals surface area contributed by atoms with Gasteiger partial charge in [0.25, 0.3) is 11.8 Å². The van der Waals surface area contributed by atoms with Crippen molar-refractivity contribution in [1.82, 2.24) is 14.5 Å². The first-order valence-electron chi connectivity index (χ1n) is 11.7. The summed E-state index contributed by atoms with van der Waals surface area (Å²) in [7, 11) is 1.94. The van der Waals surface area contributed by atoms with Gasteiger partial charge in [0, 0.05) is 69.9 Å². The van der Waals surface area contributed by atoms with E-state index in [-0.39, 0.29) is 11.8 Å². The Morgan fingerprint density at radius 2 is 1.53 bits per heavy atom. The smallest absolute Gasteiger partial charge is 0.259 e. The molecule has 1 aliphatic rings. The van der Waals surface area contributed by atoms with Crippen LogP contribution in [-0.2, 0) is 29.7 Å². The lowest BCUT2D eigenvalue weighted by molar-refractivity contribution is -0.122. The second-order valence-electron chi connectivity index (χ2n) is 9.06. The van der Waals surface area contributed by atoms with Gasteiger partial charge in [-0.15, -0.1) is 0 Å². The van der Waals surface area contributed by atoms with Crippen LogP contribution in [0.4, 0.5) is 0 Å². The van der Waals surface area contributed by atoms with Crippen molar-refractivity contribution >= 4 is 60.7 Å². The molecule has 0 saturated heterocycles. The molecule has 0 atom stereocenters. The Morgan fingerprint density at radius 3 is 2.31 bits per heavy atom. The normalized spacial score (nSPS) is 13.9. The SMILES string of the molecule is Cn1cc(C2=C(c3cn(Cc4cccc(CN)c4)c4ccc(Br)cc34)C(=O)NC2=O)c2ccccc21.